The van der Waals surface area contributed by atoms with Crippen LogP contribution in [0.1, 0.15) is 32.1 Å². The van der Waals surface area contributed by atoms with Gasteiger partial charge in [0.1, 0.15) is 23.0 Å². The van der Waals surface area contributed by atoms with E-state index >= 15 is 0 Å². The summed E-state index contributed by atoms with van der Waals surface area (Å²) < 4.78 is 1.94. The fraction of sp³-hybridized carbons (Fsp3) is 0.333. The monoisotopic (exact) mass is 324 g/mol. The van der Waals surface area contributed by atoms with Gasteiger partial charge in [0, 0.05) is 24.0 Å². The molecule has 0 radical (unpaired) electrons. The molecular formula is C18H20N4O2. The first-order chi connectivity index (χ1) is 11.7. The van der Waals surface area contributed by atoms with E-state index in [0.717, 1.165) is 18.7 Å². The topological polar surface area (TPSA) is 82.7 Å². The van der Waals surface area contributed by atoms with Gasteiger partial charge in [0.05, 0.1) is 6.20 Å². The third-order valence-corrected chi connectivity index (χ3v) is 4.61. The maximum Gasteiger partial charge on any atom is 0.157 e. The van der Waals surface area contributed by atoms with Gasteiger partial charge in [-0.1, -0.05) is 19.3 Å². The van der Waals surface area contributed by atoms with E-state index in [1.165, 1.54) is 37.5 Å². The van der Waals surface area contributed by atoms with Crippen LogP contribution in [0.4, 0.5) is 5.82 Å². The molecule has 3 aromatic rings. The lowest BCUT2D eigenvalue weighted by molar-refractivity contribution is 0.460. The number of rotatable bonds is 3. The maximum absolute atomic E-state index is 10.2. The van der Waals surface area contributed by atoms with Crippen LogP contribution in [-0.4, -0.2) is 30.6 Å². The number of benzene rings is 1. The van der Waals surface area contributed by atoms with Crippen molar-refractivity contribution in [3.8, 4) is 22.8 Å². The summed E-state index contributed by atoms with van der Waals surface area (Å²) in [7, 11) is 0. The molecular weight excluding hydrogens is 304 g/mol. The molecule has 0 unspecified atom stereocenters. The lowest BCUT2D eigenvalue weighted by Crippen LogP contribution is -2.23. The highest BCUT2D eigenvalue weighted by atomic mass is 16.3. The minimum absolute atomic E-state index is 0.0934. The van der Waals surface area contributed by atoms with Crippen LogP contribution in [0.2, 0.25) is 0 Å². The summed E-state index contributed by atoms with van der Waals surface area (Å²) in [5, 5.41) is 23.6. The van der Waals surface area contributed by atoms with Crippen molar-refractivity contribution < 1.29 is 10.2 Å². The second kappa shape index (κ2) is 6.03. The summed E-state index contributed by atoms with van der Waals surface area (Å²) in [6.45, 7) is 0. The van der Waals surface area contributed by atoms with Gasteiger partial charge in [-0.25, -0.2) is 4.98 Å². The van der Waals surface area contributed by atoms with Crippen LogP contribution >= 0.6 is 0 Å². The molecule has 1 aromatic carbocycles. The minimum Gasteiger partial charge on any atom is -0.508 e. The van der Waals surface area contributed by atoms with Crippen molar-refractivity contribution in [1.82, 2.24) is 14.4 Å². The number of aromatic nitrogens is 3. The number of nitrogens with one attached hydrogen (secondary N) is 1. The Morgan fingerprint density at radius 3 is 2.79 bits per heavy atom. The summed E-state index contributed by atoms with van der Waals surface area (Å²) >= 11 is 0. The molecule has 0 saturated heterocycles. The number of anilines is 1. The zero-order valence-electron chi connectivity index (χ0n) is 13.3. The van der Waals surface area contributed by atoms with Crippen molar-refractivity contribution in [3.05, 3.63) is 36.8 Å². The molecule has 0 aliphatic heterocycles. The Bertz CT molecular complexity index is 869. The zero-order chi connectivity index (χ0) is 16.5. The number of hydrogen-bond acceptors (Lipinski definition) is 5. The first kappa shape index (κ1) is 14.8. The van der Waals surface area contributed by atoms with Gasteiger partial charge in [0.25, 0.3) is 0 Å². The Balaban J connectivity index is 1.84. The van der Waals surface area contributed by atoms with Crippen LogP contribution in [0.5, 0.6) is 11.5 Å². The molecule has 2 heterocycles. The Morgan fingerprint density at radius 2 is 1.96 bits per heavy atom. The van der Waals surface area contributed by atoms with Crippen LogP contribution in [0.3, 0.4) is 0 Å². The van der Waals surface area contributed by atoms with Gasteiger partial charge in [-0.05, 0) is 31.0 Å². The van der Waals surface area contributed by atoms with Crippen molar-refractivity contribution in [3.63, 3.8) is 0 Å². The average Bonchev–Trinajstić information content (AvgIpc) is 2.96. The van der Waals surface area contributed by atoms with Crippen LogP contribution < -0.4 is 5.32 Å². The van der Waals surface area contributed by atoms with Gasteiger partial charge >= 0.3 is 0 Å². The van der Waals surface area contributed by atoms with Crippen LogP contribution in [0.25, 0.3) is 16.9 Å². The smallest absolute Gasteiger partial charge is 0.157 e. The highest BCUT2D eigenvalue weighted by Gasteiger charge is 2.21. The summed E-state index contributed by atoms with van der Waals surface area (Å²) in [5.41, 5.74) is 1.84. The fourth-order valence-electron chi connectivity index (χ4n) is 3.39. The standard InChI is InChI=1S/C18H20N4O2/c23-13-6-7-15(24)14(10-13)17-18(20-12-4-2-1-3-5-12)22-9-8-19-11-16(22)21-17/h6-12,20,23-24H,1-5H2. The lowest BCUT2D eigenvalue weighted by Gasteiger charge is -2.24. The summed E-state index contributed by atoms with van der Waals surface area (Å²) in [5.74, 6) is 1.03. The molecule has 0 spiro atoms. The number of fused-ring (bicyclic) bond motifs is 1. The SMILES string of the molecule is Oc1ccc(O)c(-c2nc3cnccn3c2NC2CCCCC2)c1. The molecule has 24 heavy (non-hydrogen) atoms. The Kier molecular flexibility index (Phi) is 3.72. The zero-order valence-corrected chi connectivity index (χ0v) is 13.3. The summed E-state index contributed by atoms with van der Waals surface area (Å²) in [6.07, 6.45) is 11.3. The van der Waals surface area contributed by atoms with E-state index in [2.05, 4.69) is 15.3 Å². The maximum atomic E-state index is 10.2. The van der Waals surface area contributed by atoms with Gasteiger partial charge in [-0.3, -0.25) is 9.38 Å². The van der Waals surface area contributed by atoms with Crippen molar-refractivity contribution in [2.24, 2.45) is 0 Å². The minimum atomic E-state index is 0.0934. The van der Waals surface area contributed by atoms with Gasteiger partial charge in [0.15, 0.2) is 5.65 Å². The molecule has 3 N–H and O–H groups in total. The third-order valence-electron chi connectivity index (χ3n) is 4.61. The quantitative estimate of drug-likeness (QED) is 0.642. The normalized spacial score (nSPS) is 15.7. The molecule has 1 fully saturated rings. The molecule has 1 aliphatic rings. The van der Waals surface area contributed by atoms with Crippen molar-refractivity contribution in [2.45, 2.75) is 38.1 Å². The second-order valence-corrected chi connectivity index (χ2v) is 6.29. The molecule has 4 rings (SSSR count). The second-order valence-electron chi connectivity index (χ2n) is 6.29. The molecule has 124 valence electrons. The summed E-state index contributed by atoms with van der Waals surface area (Å²) in [4.78, 5) is 8.74. The molecule has 0 bridgehead atoms. The van der Waals surface area contributed by atoms with Crippen molar-refractivity contribution >= 4 is 11.5 Å². The first-order valence-corrected chi connectivity index (χ1v) is 8.33. The number of phenolic OH excluding ortho intramolecular Hbond substituents is 2. The van der Waals surface area contributed by atoms with Gasteiger partial charge in [-0.2, -0.15) is 0 Å². The number of imidazole rings is 1. The molecule has 0 amide bonds. The molecule has 2 aromatic heterocycles. The van der Waals surface area contributed by atoms with Gasteiger partial charge in [-0.15, -0.1) is 0 Å². The van der Waals surface area contributed by atoms with E-state index in [1.807, 2.05) is 10.6 Å². The molecule has 1 saturated carbocycles. The van der Waals surface area contributed by atoms with Crippen LogP contribution in [0.15, 0.2) is 36.8 Å². The number of aromatic hydroxyl groups is 2. The van der Waals surface area contributed by atoms with E-state index in [9.17, 15) is 10.2 Å². The van der Waals surface area contributed by atoms with E-state index < -0.39 is 0 Å². The highest BCUT2D eigenvalue weighted by molar-refractivity contribution is 5.80. The lowest BCUT2D eigenvalue weighted by atomic mass is 9.95. The van der Waals surface area contributed by atoms with Crippen LogP contribution in [0, 0.1) is 0 Å². The molecule has 1 aliphatic carbocycles. The predicted octanol–water partition coefficient (Wildman–Crippen LogP) is 3.55. The average molecular weight is 324 g/mol. The molecule has 6 heteroatoms. The fourth-order valence-corrected chi connectivity index (χ4v) is 3.39. The predicted molar refractivity (Wildman–Crippen MR) is 92.2 cm³/mol. The molecule has 0 atom stereocenters. The van der Waals surface area contributed by atoms with E-state index in [-0.39, 0.29) is 11.5 Å². The van der Waals surface area contributed by atoms with Crippen molar-refractivity contribution in [2.75, 3.05) is 5.32 Å². The summed E-state index contributed by atoms with van der Waals surface area (Å²) in [6, 6.07) is 4.88. The number of hydrogen-bond donors (Lipinski definition) is 3. The van der Waals surface area contributed by atoms with Crippen LogP contribution in [-0.2, 0) is 0 Å². The highest BCUT2D eigenvalue weighted by Crippen LogP contribution is 2.37. The Morgan fingerprint density at radius 1 is 1.12 bits per heavy atom. The Hall–Kier alpha value is -2.76. The van der Waals surface area contributed by atoms with E-state index in [0.29, 0.717) is 22.9 Å². The Labute approximate surface area is 139 Å². The first-order valence-electron chi connectivity index (χ1n) is 8.33. The third kappa shape index (κ3) is 2.64. The van der Waals surface area contributed by atoms with E-state index in [4.69, 9.17) is 0 Å². The number of nitrogens with zero attached hydrogens (tertiary/aromatic N) is 3. The molecule has 6 nitrogen and oxygen atoms in total. The largest absolute Gasteiger partial charge is 0.508 e. The van der Waals surface area contributed by atoms with E-state index in [1.54, 1.807) is 12.4 Å². The van der Waals surface area contributed by atoms with Gasteiger partial charge < -0.3 is 15.5 Å². The number of phenols is 2. The van der Waals surface area contributed by atoms with Gasteiger partial charge in [0.2, 0.25) is 0 Å². The van der Waals surface area contributed by atoms with Crippen molar-refractivity contribution in [1.29, 1.82) is 0 Å².